The molecule has 0 saturated heterocycles. The Morgan fingerprint density at radius 1 is 1.12 bits per heavy atom. The summed E-state index contributed by atoms with van der Waals surface area (Å²) in [5.74, 6) is 0. The molecule has 2 N–H and O–H groups in total. The van der Waals surface area contributed by atoms with Gasteiger partial charge in [0.2, 0.25) is 0 Å². The zero-order chi connectivity index (χ0) is 12.4. The number of hydrogen-bond acceptors (Lipinski definition) is 4. The van der Waals surface area contributed by atoms with Crippen molar-refractivity contribution >= 4 is 0 Å². The van der Waals surface area contributed by atoms with Crippen LogP contribution in [0.1, 0.15) is 38.1 Å². The Hall–Kier alpha value is -1.79. The maximum Gasteiger partial charge on any atom is 0.355 e. The lowest BCUT2D eigenvalue weighted by atomic mass is 9.95. The Kier molecular flexibility index (Phi) is 3.16. The van der Waals surface area contributed by atoms with Gasteiger partial charge in [0.15, 0.2) is 0 Å². The smallest absolute Gasteiger partial charge is 0.321 e. The average Bonchev–Trinajstić information content (AvgIpc) is 2.30. The third-order valence-electron chi connectivity index (χ3n) is 3.20. The van der Waals surface area contributed by atoms with Crippen LogP contribution in [-0.4, -0.2) is 21.3 Å². The van der Waals surface area contributed by atoms with Crippen molar-refractivity contribution in [1.29, 1.82) is 0 Å². The van der Waals surface area contributed by atoms with E-state index in [1.807, 2.05) is 0 Å². The first-order valence-corrected chi connectivity index (χ1v) is 5.81. The van der Waals surface area contributed by atoms with Gasteiger partial charge in [0, 0.05) is 13.1 Å². The van der Waals surface area contributed by atoms with E-state index in [1.54, 1.807) is 0 Å². The molecule has 1 aromatic heterocycles. The van der Waals surface area contributed by atoms with Crippen molar-refractivity contribution in [3.05, 3.63) is 31.5 Å². The Labute approximate surface area is 97.1 Å². The van der Waals surface area contributed by atoms with Gasteiger partial charge < -0.3 is 5.43 Å². The van der Waals surface area contributed by atoms with E-state index in [-0.39, 0.29) is 6.04 Å². The van der Waals surface area contributed by atoms with Gasteiger partial charge in [-0.3, -0.25) is 4.98 Å². The van der Waals surface area contributed by atoms with Crippen molar-refractivity contribution in [3.8, 4) is 0 Å². The van der Waals surface area contributed by atoms with Crippen molar-refractivity contribution in [2.75, 3.05) is 12.5 Å². The molecule has 1 aliphatic carbocycles. The molecule has 1 aromatic rings. The fraction of sp³-hybridized carbons (Fsp3) is 0.700. The van der Waals surface area contributed by atoms with Crippen LogP contribution in [0.15, 0.2) is 14.4 Å². The summed E-state index contributed by atoms with van der Waals surface area (Å²) in [6, 6.07) is -0.0970. The lowest BCUT2D eigenvalue weighted by Gasteiger charge is -2.23. The summed E-state index contributed by atoms with van der Waals surface area (Å²) in [5, 5.41) is 0. The van der Waals surface area contributed by atoms with Crippen LogP contribution in [0.4, 0.5) is 0 Å². The van der Waals surface area contributed by atoms with Gasteiger partial charge in [0.05, 0.1) is 0 Å². The maximum absolute atomic E-state index is 12.0. The van der Waals surface area contributed by atoms with E-state index in [0.29, 0.717) is 0 Å². The normalized spacial score (nSPS) is 17.0. The highest BCUT2D eigenvalue weighted by Crippen LogP contribution is 2.25. The van der Waals surface area contributed by atoms with E-state index < -0.39 is 17.1 Å². The first kappa shape index (κ1) is 11.7. The maximum atomic E-state index is 12.0. The topological polar surface area (TPSA) is 88.9 Å². The van der Waals surface area contributed by atoms with Crippen LogP contribution >= 0.6 is 0 Å². The van der Waals surface area contributed by atoms with Crippen LogP contribution in [-0.2, 0) is 0 Å². The van der Waals surface area contributed by atoms with E-state index in [4.69, 9.17) is 0 Å². The van der Waals surface area contributed by atoms with Crippen LogP contribution in [0.5, 0.6) is 0 Å². The molecule has 1 fully saturated rings. The summed E-state index contributed by atoms with van der Waals surface area (Å²) in [7, 11) is 1.46. The molecule has 7 heteroatoms. The summed E-state index contributed by atoms with van der Waals surface area (Å²) >= 11 is 0. The van der Waals surface area contributed by atoms with Gasteiger partial charge in [-0.1, -0.05) is 19.3 Å². The largest absolute Gasteiger partial charge is 0.355 e. The second-order valence-corrected chi connectivity index (χ2v) is 4.24. The Balaban J connectivity index is 2.57. The predicted molar refractivity (Wildman–Crippen MR) is 63.0 cm³/mol. The van der Waals surface area contributed by atoms with E-state index in [0.717, 1.165) is 41.3 Å². The Morgan fingerprint density at radius 3 is 2.35 bits per heavy atom. The summed E-state index contributed by atoms with van der Waals surface area (Å²) in [5.41, 5.74) is 0.541. The van der Waals surface area contributed by atoms with Gasteiger partial charge in [0.1, 0.15) is 0 Å². The number of nitrogens with one attached hydrogen (secondary N) is 2. The minimum atomic E-state index is -0.727. The minimum absolute atomic E-state index is 0.0970. The molecule has 94 valence electrons. The standard InChI is InChI=1S/C10H16N4O3/c1-11-14-9(16)12-8(15)13(10(14)17)7-5-3-2-4-6-7/h7,11H,2-6H2,1H3,(H,12,15,16). The summed E-state index contributed by atoms with van der Waals surface area (Å²) in [4.78, 5) is 37.2. The van der Waals surface area contributed by atoms with E-state index in [9.17, 15) is 14.4 Å². The quantitative estimate of drug-likeness (QED) is 0.720. The SMILES string of the molecule is CNn1c(=O)[nH]c(=O)n(C2CCCCC2)c1=O. The molecule has 0 bridgehead atoms. The molecule has 0 spiro atoms. The van der Waals surface area contributed by atoms with Crippen LogP contribution in [0.2, 0.25) is 0 Å². The molecular weight excluding hydrogens is 224 g/mol. The summed E-state index contributed by atoms with van der Waals surface area (Å²) in [6.45, 7) is 0. The second-order valence-electron chi connectivity index (χ2n) is 4.24. The van der Waals surface area contributed by atoms with Gasteiger partial charge in [0.25, 0.3) is 0 Å². The minimum Gasteiger partial charge on any atom is -0.321 e. The summed E-state index contributed by atoms with van der Waals surface area (Å²) in [6.07, 6.45) is 4.77. The predicted octanol–water partition coefficient (Wildman–Crippen LogP) is -0.623. The number of H-pyrrole nitrogens is 1. The molecular formula is C10H16N4O3. The molecule has 7 nitrogen and oxygen atoms in total. The van der Waals surface area contributed by atoms with Crippen LogP contribution < -0.4 is 22.5 Å². The second kappa shape index (κ2) is 4.60. The van der Waals surface area contributed by atoms with Crippen molar-refractivity contribution in [2.45, 2.75) is 38.1 Å². The third-order valence-corrected chi connectivity index (χ3v) is 3.20. The third kappa shape index (κ3) is 2.04. The highest BCUT2D eigenvalue weighted by atomic mass is 16.2. The molecule has 0 aromatic carbocycles. The lowest BCUT2D eigenvalue weighted by molar-refractivity contribution is 0.325. The fourth-order valence-corrected chi connectivity index (χ4v) is 2.35. The van der Waals surface area contributed by atoms with Gasteiger partial charge in [-0.05, 0) is 12.8 Å². The molecule has 1 saturated carbocycles. The Bertz CT molecular complexity index is 562. The zero-order valence-corrected chi connectivity index (χ0v) is 9.73. The van der Waals surface area contributed by atoms with Crippen molar-refractivity contribution < 1.29 is 0 Å². The van der Waals surface area contributed by atoms with Gasteiger partial charge in [-0.15, -0.1) is 0 Å². The van der Waals surface area contributed by atoms with Crippen molar-refractivity contribution in [1.82, 2.24) is 14.2 Å². The zero-order valence-electron chi connectivity index (χ0n) is 9.73. The molecule has 1 aliphatic rings. The van der Waals surface area contributed by atoms with Gasteiger partial charge >= 0.3 is 17.1 Å². The van der Waals surface area contributed by atoms with E-state index in [1.165, 1.54) is 7.05 Å². The highest BCUT2D eigenvalue weighted by molar-refractivity contribution is 4.83. The number of hydrogen-bond donors (Lipinski definition) is 2. The molecule has 0 amide bonds. The van der Waals surface area contributed by atoms with Crippen LogP contribution in [0.25, 0.3) is 0 Å². The van der Waals surface area contributed by atoms with Crippen LogP contribution in [0.3, 0.4) is 0 Å². The molecule has 1 heterocycles. The molecule has 0 aliphatic heterocycles. The summed E-state index contributed by atoms with van der Waals surface area (Å²) < 4.78 is 1.97. The number of aromatic nitrogens is 3. The first-order valence-electron chi connectivity index (χ1n) is 5.81. The van der Waals surface area contributed by atoms with Crippen LogP contribution in [0, 0.1) is 0 Å². The highest BCUT2D eigenvalue weighted by Gasteiger charge is 2.20. The van der Waals surface area contributed by atoms with E-state index >= 15 is 0 Å². The van der Waals surface area contributed by atoms with E-state index in [2.05, 4.69) is 10.4 Å². The lowest BCUT2D eigenvalue weighted by Crippen LogP contribution is -2.53. The first-order chi connectivity index (χ1) is 8.15. The molecule has 2 rings (SSSR count). The molecule has 0 atom stereocenters. The monoisotopic (exact) mass is 240 g/mol. The average molecular weight is 240 g/mol. The van der Waals surface area contributed by atoms with Gasteiger partial charge in [-0.25, -0.2) is 19.0 Å². The number of rotatable bonds is 2. The Morgan fingerprint density at radius 2 is 1.76 bits per heavy atom. The molecule has 17 heavy (non-hydrogen) atoms. The van der Waals surface area contributed by atoms with Crippen molar-refractivity contribution in [2.24, 2.45) is 0 Å². The van der Waals surface area contributed by atoms with Gasteiger partial charge in [-0.2, -0.15) is 4.68 Å². The number of aromatic amines is 1. The molecule has 0 radical (unpaired) electrons. The fourth-order valence-electron chi connectivity index (χ4n) is 2.35. The van der Waals surface area contributed by atoms with Crippen molar-refractivity contribution in [3.63, 3.8) is 0 Å². The number of nitrogens with zero attached hydrogens (tertiary/aromatic N) is 2. The molecule has 0 unspecified atom stereocenters.